The van der Waals surface area contributed by atoms with Gasteiger partial charge in [0.15, 0.2) is 5.13 Å². The number of aromatic nitrogens is 16. The lowest BCUT2D eigenvalue weighted by molar-refractivity contribution is -0.155. The summed E-state index contributed by atoms with van der Waals surface area (Å²) in [5.41, 5.74) is 11.3. The molecule has 135 heavy (non-hydrogen) atoms. The van der Waals surface area contributed by atoms with Crippen LogP contribution in [0.5, 0.6) is 0 Å². The monoisotopic (exact) mass is 1940 g/mol. The van der Waals surface area contributed by atoms with E-state index in [1.807, 2.05) is 204 Å². The number of nitrogens with two attached hydrogens (primary N) is 1. The number of carbonyl (C=O) groups excluding carboxylic acids is 5. The third-order valence-corrected chi connectivity index (χ3v) is 22.8. The Bertz CT molecular complexity index is 5730. The number of nitrogens with zero attached hydrogens (tertiary/aromatic N) is 21. The molecule has 0 fully saturated rings. The number of amides is 4. The molecule has 12 rings (SSSR count). The van der Waals surface area contributed by atoms with Gasteiger partial charge in [0, 0.05) is 193 Å². The zero-order valence-electron chi connectivity index (χ0n) is 80.4. The number of aryl methyl sites for hydroxylation is 4. The minimum Gasteiger partial charge on any atom is -0.480 e. The maximum atomic E-state index is 12.3. The molecule has 2 atom stereocenters. The first-order valence-electron chi connectivity index (χ1n) is 43.2. The summed E-state index contributed by atoms with van der Waals surface area (Å²) in [6.07, 6.45) is 25.2. The number of carboxylic acids is 1. The van der Waals surface area contributed by atoms with Crippen molar-refractivity contribution in [3.05, 3.63) is 220 Å². The van der Waals surface area contributed by atoms with Crippen molar-refractivity contribution >= 4 is 121 Å². The van der Waals surface area contributed by atoms with Crippen LogP contribution < -0.4 is 41.7 Å². The molecular weight excluding hydrogens is 1820 g/mol. The molecule has 12 aromatic rings. The highest BCUT2D eigenvalue weighted by molar-refractivity contribution is 7.19. The summed E-state index contributed by atoms with van der Waals surface area (Å²) in [4.78, 5) is 151. The highest BCUT2D eigenvalue weighted by Crippen LogP contribution is 2.33. The number of halogens is 1. The van der Waals surface area contributed by atoms with E-state index >= 15 is 0 Å². The van der Waals surface area contributed by atoms with E-state index < -0.39 is 41.4 Å². The summed E-state index contributed by atoms with van der Waals surface area (Å²) in [7, 11) is 10.7. The first kappa shape index (κ1) is 109. The van der Waals surface area contributed by atoms with Gasteiger partial charge in [0.25, 0.3) is 0 Å². The number of hydrogen-bond acceptors (Lipinski definition) is 35. The van der Waals surface area contributed by atoms with Gasteiger partial charge in [-0.25, -0.2) is 74.2 Å². The SMILES string of the molecule is C=CC(=O)N(C)[C@@H](C)C(=O)NCCN(C)c1cc(Nc2ncc(-c3ccncc3)s2)nc(C)n1.CNCCCC(=O)OC(C)(C)C.C[C@@H](C(=O)O)N(C)C(=O)OC(C)(C)C.Cc1nc(Cc2ncc(-c3ccncc3)s2)cc(N(C)CCN)n1.Cc1nc(Cc2ncc(-c3ccncc3)s2)cc(N(C)CCNC(=O)OC(C)(C)C)n1.Cc1nc(Cl)cc(Cc2ncc(-c3ccncc3)s2)n1. The fourth-order valence-electron chi connectivity index (χ4n) is 11.6. The first-order chi connectivity index (χ1) is 63.9. The van der Waals surface area contributed by atoms with Crippen molar-refractivity contribution in [1.82, 2.24) is 105 Å². The molecule has 4 amide bonds. The van der Waals surface area contributed by atoms with Crippen LogP contribution in [0.3, 0.4) is 0 Å². The van der Waals surface area contributed by atoms with Gasteiger partial charge in [-0.2, -0.15) is 0 Å². The summed E-state index contributed by atoms with van der Waals surface area (Å²) < 4.78 is 15.4. The van der Waals surface area contributed by atoms with Gasteiger partial charge < -0.3 is 65.9 Å². The van der Waals surface area contributed by atoms with Gasteiger partial charge in [0.1, 0.15) is 80.6 Å². The minimum atomic E-state index is -1.06. The van der Waals surface area contributed by atoms with E-state index in [0.717, 1.165) is 121 Å². The Morgan fingerprint density at radius 2 is 0.874 bits per heavy atom. The number of esters is 1. The maximum absolute atomic E-state index is 12.3. The molecule has 7 N–H and O–H groups in total. The Hall–Kier alpha value is -13.0. The molecule has 0 aliphatic carbocycles. The number of nitrogens with one attached hydrogen (secondary N) is 4. The largest absolute Gasteiger partial charge is 0.480 e. The molecule has 0 bridgehead atoms. The highest BCUT2D eigenvalue weighted by atomic mass is 35.5. The number of likely N-dealkylation sites (N-methyl/N-ethyl adjacent to an activating group) is 5. The fraction of sp³-hybridized carbons (Fsp3) is 0.404. The summed E-state index contributed by atoms with van der Waals surface area (Å²) in [6, 6.07) is 21.9. The standard InChI is InChI=1S/C23H28N8O2S.C22H28N6O2S.C17H20N6S.C14H11ClN4S.C9H17NO4.C9H19NO2/c1-6-21(32)31(5)15(2)22(33)25-11-12-30(4)20-13-19(27-16(3)28-20)29-23-26-14-18(34-23)17-7-9-24-10-8-17;1-15-26-17(13-20-25-14-18(31-20)16-6-8-23-9-7-16)12-19(27-15)28(5)11-10-24-21(29)30-22(2,3)4;1-12-21-14(9-16(22-12)23(2)8-5-18)10-17-20-11-15(24-17)13-3-6-19-7-4-13;1-9-18-11(6-13(15)19-9)7-14-17-8-12(20-14)10-2-4-16-5-3-10;1-6(7(11)12)10(5)8(13)14-9(2,3)4;1-9(2,3)12-8(11)6-5-7-10-4/h6-10,13-15H,1,11-12H2,2-5H3,(H,25,33)(H,26,27,28,29);6-9,12,14H,10-11,13H2,1-5H3,(H,24,29);3-4,6-7,9,11H,5,8,10,18H2,1-2H3;2-6,8H,7H2,1H3;6H,1-5H3,(H,11,12);10H,5-7H2,1-4H3/t15-;;;;6-;/m0...0./s1. The molecule has 0 saturated heterocycles. The Kier molecular flexibility index (Phi) is 43.4. The van der Waals surface area contributed by atoms with Crippen molar-refractivity contribution in [3.8, 4) is 41.8 Å². The first-order valence-corrected chi connectivity index (χ1v) is 46.8. The molecule has 720 valence electrons. The van der Waals surface area contributed by atoms with Crippen molar-refractivity contribution in [2.24, 2.45) is 5.73 Å². The number of carbonyl (C=O) groups is 6. The average Bonchev–Trinajstić information content (AvgIpc) is 1.79. The Morgan fingerprint density at radius 3 is 1.27 bits per heavy atom. The highest BCUT2D eigenvalue weighted by Gasteiger charge is 2.28. The summed E-state index contributed by atoms with van der Waals surface area (Å²) in [6.45, 7) is 34.5. The van der Waals surface area contributed by atoms with Gasteiger partial charge in [-0.05, 0) is 207 Å². The van der Waals surface area contributed by atoms with E-state index in [4.69, 9.17) is 36.7 Å². The van der Waals surface area contributed by atoms with Crippen LogP contribution in [0.2, 0.25) is 5.15 Å². The van der Waals surface area contributed by atoms with Gasteiger partial charge >= 0.3 is 24.1 Å². The topological polar surface area (TPSA) is 447 Å². The number of aliphatic carboxylic acids is 1. The molecule has 12 aromatic heterocycles. The van der Waals surface area contributed by atoms with Crippen LogP contribution in [0.25, 0.3) is 41.8 Å². The van der Waals surface area contributed by atoms with Crippen molar-refractivity contribution < 1.29 is 48.1 Å². The lowest BCUT2D eigenvalue weighted by Gasteiger charge is -2.26. The smallest absolute Gasteiger partial charge is 0.410 e. The predicted octanol–water partition coefficient (Wildman–Crippen LogP) is 15.0. The molecule has 0 aliphatic heterocycles. The number of carboxylic acid groups (broad SMARTS) is 1. The van der Waals surface area contributed by atoms with Crippen LogP contribution in [0, 0.1) is 27.7 Å². The van der Waals surface area contributed by atoms with Crippen LogP contribution in [0.4, 0.5) is 38.0 Å². The van der Waals surface area contributed by atoms with E-state index in [1.165, 1.54) is 36.3 Å². The van der Waals surface area contributed by atoms with Gasteiger partial charge in [0.05, 0.1) is 51.6 Å². The Balaban J connectivity index is 0.000000228. The number of ether oxygens (including phenoxy) is 3. The quantitative estimate of drug-likeness (QED) is 0.00749. The van der Waals surface area contributed by atoms with Crippen LogP contribution in [-0.4, -0.2) is 248 Å². The maximum Gasteiger partial charge on any atom is 0.410 e. The summed E-state index contributed by atoms with van der Waals surface area (Å²) in [5, 5.41) is 24.7. The molecule has 12 heterocycles. The third-order valence-electron chi connectivity index (χ3n) is 18.5. The second-order valence-corrected chi connectivity index (χ2v) is 38.2. The molecule has 41 heteroatoms. The zero-order valence-corrected chi connectivity index (χ0v) is 84.4. The normalized spacial score (nSPS) is 11.3. The molecule has 0 unspecified atom stereocenters. The Morgan fingerprint density at radius 1 is 0.489 bits per heavy atom. The number of thiazole rings is 4. The molecule has 0 aliphatic rings. The van der Waals surface area contributed by atoms with Crippen molar-refractivity contribution in [1.29, 1.82) is 0 Å². The van der Waals surface area contributed by atoms with E-state index in [-0.39, 0.29) is 23.4 Å². The lowest BCUT2D eigenvalue weighted by Crippen LogP contribution is -2.46. The van der Waals surface area contributed by atoms with Crippen LogP contribution in [0.15, 0.2) is 160 Å². The molecule has 0 spiro atoms. The molecule has 36 nitrogen and oxygen atoms in total. The number of hydrogen-bond donors (Lipinski definition) is 6. The minimum absolute atomic E-state index is 0.113. The van der Waals surface area contributed by atoms with Gasteiger partial charge in [-0.3, -0.25) is 39.2 Å². The second kappa shape index (κ2) is 53.8. The van der Waals surface area contributed by atoms with Gasteiger partial charge in [-0.15, -0.1) is 34.0 Å². The molecule has 0 saturated carbocycles. The number of anilines is 5. The molecule has 0 radical (unpaired) electrons. The fourth-order valence-corrected chi connectivity index (χ4v) is 15.5. The van der Waals surface area contributed by atoms with Gasteiger partial charge in [0.2, 0.25) is 11.8 Å². The van der Waals surface area contributed by atoms with E-state index in [1.54, 1.807) is 124 Å². The predicted molar refractivity (Wildman–Crippen MR) is 534 cm³/mol. The molecule has 0 aromatic carbocycles. The lowest BCUT2D eigenvalue weighted by atomic mass is 10.2. The van der Waals surface area contributed by atoms with Crippen LogP contribution in [0.1, 0.15) is 144 Å². The van der Waals surface area contributed by atoms with E-state index in [0.29, 0.717) is 92.7 Å². The average molecular weight is 1940 g/mol. The van der Waals surface area contributed by atoms with Crippen molar-refractivity contribution in [2.45, 2.75) is 165 Å². The zero-order chi connectivity index (χ0) is 99.1. The number of rotatable bonds is 32. The third kappa shape index (κ3) is 39.6. The van der Waals surface area contributed by atoms with E-state index in [2.05, 4.69) is 108 Å². The summed E-state index contributed by atoms with van der Waals surface area (Å²) >= 11 is 12.4. The number of pyridine rings is 4. The van der Waals surface area contributed by atoms with Gasteiger partial charge in [-0.1, -0.05) is 29.5 Å². The van der Waals surface area contributed by atoms with Crippen molar-refractivity contribution in [3.63, 3.8) is 0 Å². The van der Waals surface area contributed by atoms with Crippen molar-refractivity contribution in [2.75, 3.05) is 108 Å². The Labute approximate surface area is 810 Å². The van der Waals surface area contributed by atoms with Crippen LogP contribution in [-0.2, 0) is 52.7 Å². The number of alkyl carbamates (subject to hydrolysis) is 1. The van der Waals surface area contributed by atoms with Crippen LogP contribution >= 0.6 is 56.9 Å². The summed E-state index contributed by atoms with van der Waals surface area (Å²) in [5.74, 6) is 4.09. The second-order valence-electron chi connectivity index (χ2n) is 33.4. The molecular formula is C94H123ClN26O10S4. The van der Waals surface area contributed by atoms with E-state index in [9.17, 15) is 28.8 Å².